The number of aromatic nitrogens is 2. The smallest absolute Gasteiger partial charge is 0.123 e. The molecule has 2 aromatic heterocycles. The summed E-state index contributed by atoms with van der Waals surface area (Å²) >= 11 is 1.69. The van der Waals surface area contributed by atoms with E-state index < -0.39 is 0 Å². The molecule has 0 fully saturated rings. The van der Waals surface area contributed by atoms with Gasteiger partial charge in [0.25, 0.3) is 0 Å². The number of hydrogen-bond donors (Lipinski definition) is 1. The number of benzene rings is 1. The molecule has 1 unspecified atom stereocenters. The van der Waals surface area contributed by atoms with Gasteiger partial charge in [-0.2, -0.15) is 0 Å². The van der Waals surface area contributed by atoms with Gasteiger partial charge in [-0.05, 0) is 45.2 Å². The maximum absolute atomic E-state index is 4.71. The second kappa shape index (κ2) is 5.31. The molecule has 3 aromatic rings. The third-order valence-electron chi connectivity index (χ3n) is 3.47. The molecular formula is C16H17N3S. The van der Waals surface area contributed by atoms with E-state index in [9.17, 15) is 0 Å². The third kappa shape index (κ3) is 2.44. The van der Waals surface area contributed by atoms with Gasteiger partial charge in [0, 0.05) is 28.1 Å². The average molecular weight is 283 g/mol. The monoisotopic (exact) mass is 283 g/mol. The van der Waals surface area contributed by atoms with Gasteiger partial charge in [-0.15, -0.1) is 11.3 Å². The summed E-state index contributed by atoms with van der Waals surface area (Å²) in [5, 5.41) is 7.55. The Hall–Kier alpha value is -1.78. The highest BCUT2D eigenvalue weighted by atomic mass is 32.1. The molecular weight excluding hydrogens is 266 g/mol. The number of aryl methyl sites for hydroxylation is 1. The summed E-state index contributed by atoms with van der Waals surface area (Å²) in [6.45, 7) is 4.13. The summed E-state index contributed by atoms with van der Waals surface area (Å²) in [4.78, 5) is 9.24. The molecule has 0 spiro atoms. The Kier molecular flexibility index (Phi) is 3.51. The van der Waals surface area contributed by atoms with E-state index in [2.05, 4.69) is 46.9 Å². The van der Waals surface area contributed by atoms with Crippen molar-refractivity contribution in [2.24, 2.45) is 0 Å². The van der Waals surface area contributed by atoms with Crippen LogP contribution in [-0.2, 0) is 0 Å². The molecule has 1 aromatic carbocycles. The van der Waals surface area contributed by atoms with Crippen molar-refractivity contribution in [3.8, 4) is 10.6 Å². The summed E-state index contributed by atoms with van der Waals surface area (Å²) in [5.41, 5.74) is 4.33. The topological polar surface area (TPSA) is 37.8 Å². The molecule has 1 N–H and O–H groups in total. The first-order chi connectivity index (χ1) is 9.67. The van der Waals surface area contributed by atoms with E-state index in [1.165, 1.54) is 0 Å². The van der Waals surface area contributed by atoms with Gasteiger partial charge in [-0.25, -0.2) is 4.98 Å². The first kappa shape index (κ1) is 13.2. The fourth-order valence-corrected chi connectivity index (χ4v) is 3.04. The maximum Gasteiger partial charge on any atom is 0.123 e. The summed E-state index contributed by atoms with van der Waals surface area (Å²) < 4.78 is 0. The number of nitrogens with zero attached hydrogens (tertiary/aromatic N) is 2. The van der Waals surface area contributed by atoms with Gasteiger partial charge < -0.3 is 5.32 Å². The first-order valence-electron chi connectivity index (χ1n) is 6.68. The third-order valence-corrected chi connectivity index (χ3v) is 4.38. The highest BCUT2D eigenvalue weighted by Crippen LogP contribution is 2.28. The predicted molar refractivity (Wildman–Crippen MR) is 85.1 cm³/mol. The van der Waals surface area contributed by atoms with E-state index in [1.54, 1.807) is 11.3 Å². The van der Waals surface area contributed by atoms with E-state index in [4.69, 9.17) is 4.98 Å². The molecule has 0 saturated heterocycles. The fourth-order valence-electron chi connectivity index (χ4n) is 2.13. The molecule has 0 aliphatic heterocycles. The quantitative estimate of drug-likeness (QED) is 0.791. The van der Waals surface area contributed by atoms with Crippen molar-refractivity contribution in [3.05, 3.63) is 47.1 Å². The average Bonchev–Trinajstić information content (AvgIpc) is 2.95. The Morgan fingerprint density at radius 2 is 2.00 bits per heavy atom. The van der Waals surface area contributed by atoms with Crippen LogP contribution in [-0.4, -0.2) is 17.0 Å². The van der Waals surface area contributed by atoms with Crippen LogP contribution in [0.15, 0.2) is 35.7 Å². The van der Waals surface area contributed by atoms with Gasteiger partial charge in [0.2, 0.25) is 0 Å². The lowest BCUT2D eigenvalue weighted by atomic mass is 10.1. The Bertz CT molecular complexity index is 748. The van der Waals surface area contributed by atoms with Crippen LogP contribution in [0.3, 0.4) is 0 Å². The second-order valence-electron chi connectivity index (χ2n) is 4.95. The van der Waals surface area contributed by atoms with Gasteiger partial charge >= 0.3 is 0 Å². The molecule has 1 atom stereocenters. The first-order valence-corrected chi connectivity index (χ1v) is 7.56. The molecule has 0 aliphatic carbocycles. The predicted octanol–water partition coefficient (Wildman–Crippen LogP) is 3.95. The number of nitrogens with one attached hydrogen (secondary N) is 1. The van der Waals surface area contributed by atoms with Crippen molar-refractivity contribution in [2.75, 3.05) is 7.05 Å². The van der Waals surface area contributed by atoms with E-state index in [1.807, 2.05) is 20.0 Å². The molecule has 3 nitrogen and oxygen atoms in total. The number of thiazole rings is 1. The van der Waals surface area contributed by atoms with Crippen LogP contribution in [0, 0.1) is 6.92 Å². The Balaban J connectivity index is 2.01. The molecule has 0 amide bonds. The van der Waals surface area contributed by atoms with Crippen LogP contribution < -0.4 is 5.32 Å². The van der Waals surface area contributed by atoms with Crippen molar-refractivity contribution in [2.45, 2.75) is 19.9 Å². The molecule has 102 valence electrons. The van der Waals surface area contributed by atoms with Gasteiger partial charge in [-0.3, -0.25) is 4.98 Å². The molecule has 20 heavy (non-hydrogen) atoms. The Morgan fingerprint density at radius 3 is 2.80 bits per heavy atom. The van der Waals surface area contributed by atoms with Crippen molar-refractivity contribution in [1.29, 1.82) is 0 Å². The van der Waals surface area contributed by atoms with Crippen LogP contribution in [0.25, 0.3) is 21.5 Å². The van der Waals surface area contributed by atoms with E-state index in [0.717, 1.165) is 32.9 Å². The number of hydrogen-bond acceptors (Lipinski definition) is 4. The van der Waals surface area contributed by atoms with Gasteiger partial charge in [0.1, 0.15) is 5.01 Å². The highest BCUT2D eigenvalue weighted by Gasteiger charge is 2.10. The largest absolute Gasteiger partial charge is 0.312 e. The Labute approximate surface area is 122 Å². The summed E-state index contributed by atoms with van der Waals surface area (Å²) in [5.74, 6) is 0. The van der Waals surface area contributed by atoms with Crippen molar-refractivity contribution < 1.29 is 0 Å². The van der Waals surface area contributed by atoms with Crippen LogP contribution in [0.1, 0.15) is 24.4 Å². The minimum absolute atomic E-state index is 0.282. The molecule has 0 aliphatic rings. The molecule has 0 bridgehead atoms. The van der Waals surface area contributed by atoms with Crippen LogP contribution in [0.2, 0.25) is 0 Å². The zero-order chi connectivity index (χ0) is 14.1. The fraction of sp³-hybridized carbons (Fsp3) is 0.250. The van der Waals surface area contributed by atoms with E-state index >= 15 is 0 Å². The standard InChI is InChI=1S/C16H17N3S/c1-10-4-5-12-8-13(6-7-14(12)18-10)16-19-15(9-20-16)11(2)17-3/h4-9,11,17H,1-3H3. The lowest BCUT2D eigenvalue weighted by Crippen LogP contribution is -2.12. The zero-order valence-electron chi connectivity index (χ0n) is 11.8. The minimum Gasteiger partial charge on any atom is -0.312 e. The van der Waals surface area contributed by atoms with Gasteiger partial charge in [0.05, 0.1) is 11.2 Å². The number of rotatable bonds is 3. The molecule has 0 saturated carbocycles. The van der Waals surface area contributed by atoms with Crippen molar-refractivity contribution in [3.63, 3.8) is 0 Å². The number of fused-ring (bicyclic) bond motifs is 1. The molecule has 3 rings (SSSR count). The molecule has 4 heteroatoms. The molecule has 0 radical (unpaired) electrons. The van der Waals surface area contributed by atoms with Crippen LogP contribution in [0.5, 0.6) is 0 Å². The van der Waals surface area contributed by atoms with Crippen molar-refractivity contribution in [1.82, 2.24) is 15.3 Å². The second-order valence-corrected chi connectivity index (χ2v) is 5.81. The van der Waals surface area contributed by atoms with Gasteiger partial charge in [-0.1, -0.05) is 6.07 Å². The lowest BCUT2D eigenvalue weighted by molar-refractivity contribution is 0.637. The number of pyridine rings is 1. The zero-order valence-corrected chi connectivity index (χ0v) is 12.7. The lowest BCUT2D eigenvalue weighted by Gasteiger charge is -2.05. The van der Waals surface area contributed by atoms with E-state index in [-0.39, 0.29) is 6.04 Å². The van der Waals surface area contributed by atoms with Crippen LogP contribution in [0.4, 0.5) is 0 Å². The highest BCUT2D eigenvalue weighted by molar-refractivity contribution is 7.13. The Morgan fingerprint density at radius 1 is 1.15 bits per heavy atom. The van der Waals surface area contributed by atoms with E-state index in [0.29, 0.717) is 0 Å². The summed E-state index contributed by atoms with van der Waals surface area (Å²) in [6.07, 6.45) is 0. The maximum atomic E-state index is 4.71. The van der Waals surface area contributed by atoms with Crippen molar-refractivity contribution >= 4 is 22.2 Å². The summed E-state index contributed by atoms with van der Waals surface area (Å²) in [6, 6.07) is 10.8. The van der Waals surface area contributed by atoms with Gasteiger partial charge in [0.15, 0.2) is 0 Å². The van der Waals surface area contributed by atoms with Crippen LogP contribution >= 0.6 is 11.3 Å². The minimum atomic E-state index is 0.282. The normalized spacial score (nSPS) is 12.8. The molecule has 2 heterocycles. The SMILES string of the molecule is CNC(C)c1csc(-c2ccc3nc(C)ccc3c2)n1. The summed E-state index contributed by atoms with van der Waals surface area (Å²) in [7, 11) is 1.95.